The summed E-state index contributed by atoms with van der Waals surface area (Å²) in [6, 6.07) is 11.4. The monoisotopic (exact) mass is 352 g/mol. The van der Waals surface area contributed by atoms with Crippen LogP contribution in [0.3, 0.4) is 0 Å². The Hall–Kier alpha value is -2.36. The summed E-state index contributed by atoms with van der Waals surface area (Å²) in [5, 5.41) is 15.5. The number of amides is 1. The first-order valence-electron chi connectivity index (χ1n) is 9.60. The molecule has 2 aromatic rings. The van der Waals surface area contributed by atoms with Gasteiger partial charge in [-0.25, -0.2) is 0 Å². The van der Waals surface area contributed by atoms with Crippen LogP contribution in [0.1, 0.15) is 51.5 Å². The predicted molar refractivity (Wildman–Crippen MR) is 107 cm³/mol. The van der Waals surface area contributed by atoms with Crippen LogP contribution in [0.2, 0.25) is 0 Å². The van der Waals surface area contributed by atoms with Crippen LogP contribution in [-0.2, 0) is 4.79 Å². The Bertz CT molecular complexity index is 792. The minimum absolute atomic E-state index is 0.0107. The number of carbonyl (C=O) groups excluding carboxylic acids is 1. The third kappa shape index (κ3) is 4.43. The fraction of sp³-hybridized carbons (Fsp3) is 0.455. The molecule has 1 fully saturated rings. The smallest absolute Gasteiger partial charge is 0.245 e. The molecule has 0 bridgehead atoms. The molecule has 26 heavy (non-hydrogen) atoms. The third-order valence-electron chi connectivity index (χ3n) is 5.12. The number of hydrogen-bond donors (Lipinski definition) is 2. The van der Waals surface area contributed by atoms with E-state index >= 15 is 0 Å². The van der Waals surface area contributed by atoms with Gasteiger partial charge in [-0.2, -0.15) is 0 Å². The van der Waals surface area contributed by atoms with Crippen molar-refractivity contribution >= 4 is 22.9 Å². The zero-order valence-electron chi connectivity index (χ0n) is 15.6. The number of aromatic hydroxyl groups is 1. The maximum Gasteiger partial charge on any atom is 0.245 e. The van der Waals surface area contributed by atoms with Crippen molar-refractivity contribution in [3.8, 4) is 5.75 Å². The molecule has 1 saturated carbocycles. The fourth-order valence-electron chi connectivity index (χ4n) is 3.59. The molecule has 0 saturated heterocycles. The molecular formula is C22H28N2O2. The van der Waals surface area contributed by atoms with Gasteiger partial charge in [-0.05, 0) is 41.7 Å². The molecule has 0 heterocycles. The van der Waals surface area contributed by atoms with Crippen LogP contribution in [0.5, 0.6) is 5.75 Å². The van der Waals surface area contributed by atoms with Crippen molar-refractivity contribution < 1.29 is 9.90 Å². The third-order valence-corrected chi connectivity index (χ3v) is 5.12. The van der Waals surface area contributed by atoms with Crippen molar-refractivity contribution in [3.63, 3.8) is 0 Å². The SMILES string of the molecule is CC(C)[C@H](N=Cc1cc2ccccc2cc1O)C(=O)NC1CCCCC1. The number of nitrogens with zero attached hydrogens (tertiary/aromatic N) is 1. The first kappa shape index (κ1) is 18.4. The van der Waals surface area contributed by atoms with Gasteiger partial charge in [-0.3, -0.25) is 9.79 Å². The largest absolute Gasteiger partial charge is 0.507 e. The summed E-state index contributed by atoms with van der Waals surface area (Å²) in [4.78, 5) is 17.2. The summed E-state index contributed by atoms with van der Waals surface area (Å²) in [6.45, 7) is 4.01. The molecule has 4 heteroatoms. The summed E-state index contributed by atoms with van der Waals surface area (Å²) in [7, 11) is 0. The molecule has 1 amide bonds. The van der Waals surface area contributed by atoms with Gasteiger partial charge in [0.2, 0.25) is 5.91 Å². The van der Waals surface area contributed by atoms with Gasteiger partial charge < -0.3 is 10.4 Å². The van der Waals surface area contributed by atoms with Crippen LogP contribution < -0.4 is 5.32 Å². The first-order valence-corrected chi connectivity index (χ1v) is 9.60. The molecule has 1 atom stereocenters. The van der Waals surface area contributed by atoms with Gasteiger partial charge in [0.25, 0.3) is 0 Å². The van der Waals surface area contributed by atoms with Crippen LogP contribution in [0.15, 0.2) is 41.4 Å². The molecule has 138 valence electrons. The summed E-state index contributed by atoms with van der Waals surface area (Å²) < 4.78 is 0. The van der Waals surface area contributed by atoms with Gasteiger partial charge in [-0.1, -0.05) is 57.4 Å². The number of rotatable bonds is 5. The molecule has 0 radical (unpaired) electrons. The lowest BCUT2D eigenvalue weighted by atomic mass is 9.94. The minimum Gasteiger partial charge on any atom is -0.507 e. The molecular weight excluding hydrogens is 324 g/mol. The zero-order chi connectivity index (χ0) is 18.5. The van der Waals surface area contributed by atoms with E-state index in [1.165, 1.54) is 19.3 Å². The lowest BCUT2D eigenvalue weighted by molar-refractivity contribution is -0.124. The van der Waals surface area contributed by atoms with Crippen molar-refractivity contribution in [1.29, 1.82) is 0 Å². The molecule has 2 aromatic carbocycles. The van der Waals surface area contributed by atoms with Crippen LogP contribution >= 0.6 is 0 Å². The van der Waals surface area contributed by atoms with E-state index in [-0.39, 0.29) is 23.6 Å². The number of fused-ring (bicyclic) bond motifs is 1. The van der Waals surface area contributed by atoms with Crippen molar-refractivity contribution in [1.82, 2.24) is 5.32 Å². The summed E-state index contributed by atoms with van der Waals surface area (Å²) >= 11 is 0. The van der Waals surface area contributed by atoms with Crippen LogP contribution in [0, 0.1) is 5.92 Å². The van der Waals surface area contributed by atoms with Gasteiger partial charge >= 0.3 is 0 Å². The molecule has 0 aliphatic heterocycles. The molecule has 1 aliphatic rings. The van der Waals surface area contributed by atoms with E-state index in [9.17, 15) is 9.90 Å². The molecule has 1 aliphatic carbocycles. The Labute approximate surface area is 155 Å². The van der Waals surface area contributed by atoms with Gasteiger partial charge in [-0.15, -0.1) is 0 Å². The Morgan fingerprint density at radius 3 is 2.46 bits per heavy atom. The van der Waals surface area contributed by atoms with Gasteiger partial charge in [0.1, 0.15) is 11.8 Å². The zero-order valence-corrected chi connectivity index (χ0v) is 15.6. The van der Waals surface area contributed by atoms with E-state index in [1.54, 1.807) is 12.3 Å². The number of carbonyl (C=O) groups is 1. The van der Waals surface area contributed by atoms with E-state index in [0.717, 1.165) is 23.6 Å². The number of benzene rings is 2. The van der Waals surface area contributed by atoms with Crippen LogP contribution in [0.4, 0.5) is 0 Å². The summed E-state index contributed by atoms with van der Waals surface area (Å²) in [5.41, 5.74) is 0.639. The molecule has 0 unspecified atom stereocenters. The Morgan fingerprint density at radius 1 is 1.15 bits per heavy atom. The molecule has 3 rings (SSSR count). The van der Waals surface area contributed by atoms with Crippen molar-refractivity contribution in [2.45, 2.75) is 58.0 Å². The lowest BCUT2D eigenvalue weighted by Crippen LogP contribution is -2.43. The summed E-state index contributed by atoms with van der Waals surface area (Å²) in [6.07, 6.45) is 7.39. The topological polar surface area (TPSA) is 61.7 Å². The van der Waals surface area contributed by atoms with E-state index in [1.807, 2.05) is 44.2 Å². The standard InChI is InChI=1S/C22H28N2O2/c1-15(2)21(22(26)24-19-10-4-3-5-11-19)23-14-18-12-16-8-6-7-9-17(16)13-20(18)25/h6-9,12-15,19,21,25H,3-5,10-11H2,1-2H3,(H,24,26)/t21-/m0/s1. The molecule has 2 N–H and O–H groups in total. The van der Waals surface area contributed by atoms with E-state index in [4.69, 9.17) is 0 Å². The molecule has 0 spiro atoms. The number of phenols is 1. The highest BCUT2D eigenvalue weighted by atomic mass is 16.3. The van der Waals surface area contributed by atoms with Crippen LogP contribution in [0.25, 0.3) is 10.8 Å². The average molecular weight is 352 g/mol. The highest BCUT2D eigenvalue weighted by Gasteiger charge is 2.24. The van der Waals surface area contributed by atoms with E-state index < -0.39 is 6.04 Å². The Balaban J connectivity index is 1.76. The van der Waals surface area contributed by atoms with Crippen molar-refractivity contribution in [2.24, 2.45) is 10.9 Å². The number of aliphatic imine (C=N–C) groups is 1. The second-order valence-electron chi connectivity index (χ2n) is 7.57. The van der Waals surface area contributed by atoms with Crippen molar-refractivity contribution in [3.05, 3.63) is 42.0 Å². The Morgan fingerprint density at radius 2 is 1.81 bits per heavy atom. The van der Waals surface area contributed by atoms with Gasteiger partial charge in [0.05, 0.1) is 0 Å². The quantitative estimate of drug-likeness (QED) is 0.782. The maximum atomic E-state index is 12.7. The number of nitrogens with one attached hydrogen (secondary N) is 1. The highest BCUT2D eigenvalue weighted by molar-refractivity contribution is 5.94. The van der Waals surface area contributed by atoms with E-state index in [0.29, 0.717) is 5.56 Å². The molecule has 4 nitrogen and oxygen atoms in total. The second kappa shape index (κ2) is 8.35. The fourth-order valence-corrected chi connectivity index (χ4v) is 3.59. The van der Waals surface area contributed by atoms with Crippen LogP contribution in [-0.4, -0.2) is 29.3 Å². The first-order chi connectivity index (χ1) is 12.5. The summed E-state index contributed by atoms with van der Waals surface area (Å²) in [5.74, 6) is 0.267. The maximum absolute atomic E-state index is 12.7. The Kier molecular flexibility index (Phi) is 5.92. The average Bonchev–Trinajstić information content (AvgIpc) is 2.62. The normalized spacial score (nSPS) is 17.0. The van der Waals surface area contributed by atoms with Gasteiger partial charge in [0, 0.05) is 17.8 Å². The van der Waals surface area contributed by atoms with Crippen molar-refractivity contribution in [2.75, 3.05) is 0 Å². The minimum atomic E-state index is -0.442. The molecule has 0 aromatic heterocycles. The predicted octanol–water partition coefficient (Wildman–Crippen LogP) is 4.44. The number of hydrogen-bond acceptors (Lipinski definition) is 3. The number of phenolic OH excluding ortho intramolecular Hbond substituents is 1. The highest BCUT2D eigenvalue weighted by Crippen LogP contribution is 2.24. The second-order valence-corrected chi connectivity index (χ2v) is 7.57. The van der Waals surface area contributed by atoms with E-state index in [2.05, 4.69) is 10.3 Å². The van der Waals surface area contributed by atoms with Gasteiger partial charge in [0.15, 0.2) is 0 Å². The lowest BCUT2D eigenvalue weighted by Gasteiger charge is -2.25.